The van der Waals surface area contributed by atoms with E-state index in [1.165, 1.54) is 6.26 Å². The van der Waals surface area contributed by atoms with E-state index in [1.807, 2.05) is 30.3 Å². The number of rotatable bonds is 8. The van der Waals surface area contributed by atoms with Crippen LogP contribution in [-0.2, 0) is 10.4 Å². The largest absolute Gasteiger partial charge is 0.494 e. The Hall–Kier alpha value is -2.27. The van der Waals surface area contributed by atoms with E-state index >= 15 is 0 Å². The van der Waals surface area contributed by atoms with Crippen molar-refractivity contribution in [3.05, 3.63) is 54.5 Å². The monoisotopic (exact) mass is 303 g/mol. The van der Waals surface area contributed by atoms with Gasteiger partial charge in [0.15, 0.2) is 0 Å². The molecule has 0 bridgehead atoms. The van der Waals surface area contributed by atoms with E-state index < -0.39 is 5.60 Å². The van der Waals surface area contributed by atoms with Crippen LogP contribution < -0.4 is 10.1 Å². The molecule has 118 valence electrons. The number of amides is 1. The molecule has 2 rings (SSSR count). The third-order valence-electron chi connectivity index (χ3n) is 3.24. The predicted molar refractivity (Wildman–Crippen MR) is 82.5 cm³/mol. The van der Waals surface area contributed by atoms with Crippen LogP contribution in [0.3, 0.4) is 0 Å². The Bertz CT molecular complexity index is 564. The van der Waals surface area contributed by atoms with Crippen molar-refractivity contribution in [2.75, 3.05) is 13.2 Å². The number of ether oxygens (including phenoxy) is 1. The molecule has 5 nitrogen and oxygen atoms in total. The average Bonchev–Trinajstić information content (AvgIpc) is 3.06. The van der Waals surface area contributed by atoms with Crippen molar-refractivity contribution >= 4 is 5.91 Å². The first-order valence-electron chi connectivity index (χ1n) is 7.29. The van der Waals surface area contributed by atoms with E-state index in [0.29, 0.717) is 25.2 Å². The third-order valence-corrected chi connectivity index (χ3v) is 3.24. The van der Waals surface area contributed by atoms with Crippen LogP contribution in [0.15, 0.2) is 53.1 Å². The first-order valence-corrected chi connectivity index (χ1v) is 7.29. The van der Waals surface area contributed by atoms with Crippen molar-refractivity contribution in [2.45, 2.75) is 25.4 Å². The number of hydrogen-bond donors (Lipinski definition) is 2. The van der Waals surface area contributed by atoms with Crippen LogP contribution >= 0.6 is 0 Å². The molecule has 1 amide bonds. The maximum Gasteiger partial charge on any atom is 0.220 e. The van der Waals surface area contributed by atoms with Crippen molar-refractivity contribution in [3.63, 3.8) is 0 Å². The Balaban J connectivity index is 1.64. The summed E-state index contributed by atoms with van der Waals surface area (Å²) in [7, 11) is 0. The molecule has 0 aliphatic carbocycles. The molecule has 0 aliphatic rings. The first-order chi connectivity index (χ1) is 10.6. The molecular weight excluding hydrogens is 282 g/mol. The van der Waals surface area contributed by atoms with Gasteiger partial charge in [-0.15, -0.1) is 0 Å². The summed E-state index contributed by atoms with van der Waals surface area (Å²) in [5, 5.41) is 12.9. The zero-order chi connectivity index (χ0) is 15.8. The van der Waals surface area contributed by atoms with Crippen LogP contribution in [0.1, 0.15) is 25.5 Å². The summed E-state index contributed by atoms with van der Waals surface area (Å²) in [6, 6.07) is 12.9. The van der Waals surface area contributed by atoms with Crippen LogP contribution in [0.2, 0.25) is 0 Å². The van der Waals surface area contributed by atoms with Gasteiger partial charge in [0.1, 0.15) is 17.1 Å². The molecule has 1 aromatic heterocycles. The minimum atomic E-state index is -1.21. The molecule has 0 spiro atoms. The summed E-state index contributed by atoms with van der Waals surface area (Å²) < 4.78 is 10.7. The number of carbonyl (C=O) groups is 1. The molecular formula is C17H21NO4. The lowest BCUT2D eigenvalue weighted by Gasteiger charge is -2.21. The molecule has 1 heterocycles. The van der Waals surface area contributed by atoms with Gasteiger partial charge in [-0.25, -0.2) is 0 Å². The van der Waals surface area contributed by atoms with Gasteiger partial charge in [0, 0.05) is 6.42 Å². The maximum absolute atomic E-state index is 11.8. The number of aliphatic hydroxyl groups is 1. The van der Waals surface area contributed by atoms with E-state index in [-0.39, 0.29) is 12.5 Å². The molecule has 1 aromatic carbocycles. The second-order valence-electron chi connectivity index (χ2n) is 5.29. The molecule has 5 heteroatoms. The summed E-state index contributed by atoms with van der Waals surface area (Å²) >= 11 is 0. The summed E-state index contributed by atoms with van der Waals surface area (Å²) in [5.41, 5.74) is -1.21. The average molecular weight is 303 g/mol. The highest BCUT2D eigenvalue weighted by Crippen LogP contribution is 2.19. The van der Waals surface area contributed by atoms with Crippen LogP contribution in [0.25, 0.3) is 0 Å². The molecule has 0 aliphatic heterocycles. The molecule has 22 heavy (non-hydrogen) atoms. The molecule has 0 saturated carbocycles. The lowest BCUT2D eigenvalue weighted by molar-refractivity contribution is -0.122. The van der Waals surface area contributed by atoms with Crippen LogP contribution in [-0.4, -0.2) is 24.2 Å². The molecule has 0 saturated heterocycles. The van der Waals surface area contributed by atoms with Crippen molar-refractivity contribution in [1.29, 1.82) is 0 Å². The zero-order valence-corrected chi connectivity index (χ0v) is 12.6. The number of hydrogen-bond acceptors (Lipinski definition) is 4. The number of carbonyl (C=O) groups excluding carboxylic acids is 1. The fourth-order valence-electron chi connectivity index (χ4n) is 1.97. The van der Waals surface area contributed by atoms with Gasteiger partial charge in [-0.3, -0.25) is 4.79 Å². The first kappa shape index (κ1) is 16.1. The van der Waals surface area contributed by atoms with Gasteiger partial charge >= 0.3 is 0 Å². The summed E-state index contributed by atoms with van der Waals surface area (Å²) in [5.74, 6) is 1.10. The molecule has 1 atom stereocenters. The van der Waals surface area contributed by atoms with Crippen LogP contribution in [0.5, 0.6) is 5.75 Å². The van der Waals surface area contributed by atoms with E-state index in [4.69, 9.17) is 9.15 Å². The van der Waals surface area contributed by atoms with Crippen molar-refractivity contribution in [3.8, 4) is 5.75 Å². The minimum Gasteiger partial charge on any atom is -0.494 e. The third kappa shape index (κ3) is 4.93. The Kier molecular flexibility index (Phi) is 5.61. The predicted octanol–water partition coefficient (Wildman–Crippen LogP) is 2.46. The summed E-state index contributed by atoms with van der Waals surface area (Å²) in [6.45, 7) is 2.19. The minimum absolute atomic E-state index is 0.110. The van der Waals surface area contributed by atoms with Gasteiger partial charge < -0.3 is 19.6 Å². The van der Waals surface area contributed by atoms with Crippen molar-refractivity contribution in [2.24, 2.45) is 0 Å². The Labute approximate surface area is 129 Å². The lowest BCUT2D eigenvalue weighted by Crippen LogP contribution is -2.38. The van der Waals surface area contributed by atoms with Gasteiger partial charge in [-0.1, -0.05) is 18.2 Å². The van der Waals surface area contributed by atoms with E-state index in [0.717, 1.165) is 5.75 Å². The van der Waals surface area contributed by atoms with Gasteiger partial charge in [-0.2, -0.15) is 0 Å². The fourth-order valence-corrected chi connectivity index (χ4v) is 1.97. The summed E-state index contributed by atoms with van der Waals surface area (Å²) in [6.07, 6.45) is 2.46. The SMILES string of the molecule is CC(O)(CNC(=O)CCCOc1ccccc1)c1ccco1. The van der Waals surface area contributed by atoms with E-state index in [2.05, 4.69) is 5.32 Å². The number of nitrogens with one attached hydrogen (secondary N) is 1. The summed E-state index contributed by atoms with van der Waals surface area (Å²) in [4.78, 5) is 11.8. The number of benzene rings is 1. The smallest absolute Gasteiger partial charge is 0.220 e. The normalized spacial score (nSPS) is 13.4. The molecule has 1 unspecified atom stereocenters. The van der Waals surface area contributed by atoms with Gasteiger partial charge in [0.05, 0.1) is 19.4 Å². The quantitative estimate of drug-likeness (QED) is 0.735. The molecule has 0 radical (unpaired) electrons. The second-order valence-corrected chi connectivity index (χ2v) is 5.29. The van der Waals surface area contributed by atoms with Gasteiger partial charge in [0.25, 0.3) is 0 Å². The van der Waals surface area contributed by atoms with Crippen molar-refractivity contribution < 1.29 is 19.1 Å². The standard InChI is InChI=1S/C17H21NO4/c1-17(20,15-9-5-12-22-15)13-18-16(19)10-6-11-21-14-7-3-2-4-8-14/h2-5,7-9,12,20H,6,10-11,13H2,1H3,(H,18,19). The van der Waals surface area contributed by atoms with Crippen LogP contribution in [0, 0.1) is 0 Å². The highest BCUT2D eigenvalue weighted by Gasteiger charge is 2.26. The van der Waals surface area contributed by atoms with E-state index in [9.17, 15) is 9.90 Å². The molecule has 2 aromatic rings. The van der Waals surface area contributed by atoms with Crippen molar-refractivity contribution in [1.82, 2.24) is 5.32 Å². The fraction of sp³-hybridized carbons (Fsp3) is 0.353. The van der Waals surface area contributed by atoms with E-state index in [1.54, 1.807) is 19.1 Å². The highest BCUT2D eigenvalue weighted by atomic mass is 16.5. The highest BCUT2D eigenvalue weighted by molar-refractivity contribution is 5.75. The van der Waals surface area contributed by atoms with Gasteiger partial charge in [-0.05, 0) is 37.6 Å². The van der Waals surface area contributed by atoms with Crippen LogP contribution in [0.4, 0.5) is 0 Å². The lowest BCUT2D eigenvalue weighted by atomic mass is 10.0. The zero-order valence-electron chi connectivity index (χ0n) is 12.6. The number of furan rings is 1. The number of para-hydroxylation sites is 1. The molecule has 2 N–H and O–H groups in total. The van der Waals surface area contributed by atoms with Gasteiger partial charge in [0.2, 0.25) is 5.91 Å². The Morgan fingerprint density at radius 3 is 2.73 bits per heavy atom. The second kappa shape index (κ2) is 7.66. The Morgan fingerprint density at radius 2 is 2.05 bits per heavy atom. The molecule has 0 fully saturated rings. The Morgan fingerprint density at radius 1 is 1.27 bits per heavy atom. The topological polar surface area (TPSA) is 71.7 Å². The maximum atomic E-state index is 11.8.